The van der Waals surface area contributed by atoms with Crippen molar-refractivity contribution in [3.63, 3.8) is 0 Å². The first-order valence-electron chi connectivity index (χ1n) is 14.4. The van der Waals surface area contributed by atoms with Gasteiger partial charge in [0.25, 0.3) is 0 Å². The number of carbonyl (C=O) groups is 1. The number of nitrogens with two attached hydrogens (primary N) is 1. The van der Waals surface area contributed by atoms with Gasteiger partial charge in [-0.15, -0.1) is 0 Å². The van der Waals surface area contributed by atoms with Crippen LogP contribution in [0.4, 0.5) is 5.69 Å². The molecule has 1 heterocycles. The van der Waals surface area contributed by atoms with Gasteiger partial charge in [-0.3, -0.25) is 4.90 Å². The topological polar surface area (TPSA) is 103 Å². The molecule has 208 valence electrons. The van der Waals surface area contributed by atoms with Gasteiger partial charge in [0.2, 0.25) is 0 Å². The molecule has 0 amide bonds. The lowest BCUT2D eigenvalue weighted by Crippen LogP contribution is -2.78. The number of anilines is 1. The number of likely N-dealkylation sites (N-methyl/N-ethyl adjacent to an activating group) is 1. The minimum atomic E-state index is -0.887. The van der Waals surface area contributed by atoms with E-state index in [9.17, 15) is 9.90 Å². The molecular weight excluding hydrogens is 484 g/mol. The smallest absolute Gasteiger partial charge is 0.340 e. The number of hydrogen-bond acceptors (Lipinski definition) is 8. The number of para-hydroxylation sites is 1. The van der Waals surface area contributed by atoms with Crippen LogP contribution in [0, 0.1) is 35.0 Å². The van der Waals surface area contributed by atoms with E-state index in [1.54, 1.807) is 26.4 Å². The highest BCUT2D eigenvalue weighted by Crippen LogP contribution is 2.78. The second kappa shape index (κ2) is 8.40. The number of benzene rings is 1. The fraction of sp³-hybridized carbons (Fsp3) is 0.767. The van der Waals surface area contributed by atoms with Crippen molar-refractivity contribution < 1.29 is 28.8 Å². The van der Waals surface area contributed by atoms with Crippen LogP contribution in [0.15, 0.2) is 24.3 Å². The molecule has 6 unspecified atom stereocenters. The van der Waals surface area contributed by atoms with Crippen molar-refractivity contribution in [2.75, 3.05) is 40.2 Å². The van der Waals surface area contributed by atoms with Crippen molar-refractivity contribution in [2.24, 2.45) is 35.0 Å². The molecule has 3 N–H and O–H groups in total. The number of ether oxygens (including phenoxy) is 4. The number of rotatable bonds is 6. The first kappa shape index (κ1) is 25.3. The van der Waals surface area contributed by atoms with Crippen molar-refractivity contribution in [3.05, 3.63) is 29.8 Å². The maximum absolute atomic E-state index is 13.7. The molecule has 5 saturated carbocycles. The molecule has 1 saturated heterocycles. The SMILES string of the molecule is CCN1CC2(OC(=O)c3ccccc3N)CCC(OC)C34[C@@H]5C[C@H]6C(OC)CC(O)(C5[C@H]6OC)[C@@H](C[C@H]23)[C@H]14. The normalized spacial score (nSPS) is 50.2. The molecule has 6 aliphatic rings. The third-order valence-corrected chi connectivity index (χ3v) is 12.2. The molecule has 1 spiro atoms. The van der Waals surface area contributed by atoms with E-state index in [4.69, 9.17) is 24.7 Å². The van der Waals surface area contributed by atoms with Crippen LogP contribution in [0.3, 0.4) is 0 Å². The predicted molar refractivity (Wildman–Crippen MR) is 140 cm³/mol. The van der Waals surface area contributed by atoms with Crippen molar-refractivity contribution in [1.29, 1.82) is 0 Å². The number of nitrogens with zero attached hydrogens (tertiary/aromatic N) is 1. The summed E-state index contributed by atoms with van der Waals surface area (Å²) in [6.45, 7) is 3.71. The molecule has 1 aliphatic heterocycles. The Morgan fingerprint density at radius 2 is 1.92 bits per heavy atom. The minimum Gasteiger partial charge on any atom is -0.454 e. The molecule has 0 radical (unpaired) electrons. The lowest BCUT2D eigenvalue weighted by Gasteiger charge is -2.69. The van der Waals surface area contributed by atoms with E-state index in [1.807, 2.05) is 19.2 Å². The summed E-state index contributed by atoms with van der Waals surface area (Å²) < 4.78 is 25.3. The van der Waals surface area contributed by atoms with E-state index in [2.05, 4.69) is 11.8 Å². The minimum absolute atomic E-state index is 0.0231. The van der Waals surface area contributed by atoms with Crippen molar-refractivity contribution in [2.45, 2.75) is 74.6 Å². The lowest BCUT2D eigenvalue weighted by molar-refractivity contribution is -0.284. The monoisotopic (exact) mass is 526 g/mol. The highest BCUT2D eigenvalue weighted by Gasteiger charge is 2.84. The lowest BCUT2D eigenvalue weighted by atomic mass is 9.45. The molecule has 8 nitrogen and oxygen atoms in total. The summed E-state index contributed by atoms with van der Waals surface area (Å²) in [6.07, 6.45) is 3.96. The number of fused-ring (bicyclic) bond motifs is 2. The average molecular weight is 527 g/mol. The molecular formula is C30H42N2O6. The Bertz CT molecular complexity index is 1130. The molecule has 12 atom stereocenters. The largest absolute Gasteiger partial charge is 0.454 e. The Morgan fingerprint density at radius 3 is 2.61 bits per heavy atom. The summed E-state index contributed by atoms with van der Waals surface area (Å²) in [5.74, 6) is 0.280. The van der Waals surface area contributed by atoms with Gasteiger partial charge in [0.15, 0.2) is 0 Å². The zero-order valence-corrected chi connectivity index (χ0v) is 23.0. The fourth-order valence-electron chi connectivity index (χ4n) is 11.3. The Balaban J connectivity index is 1.39. The van der Waals surface area contributed by atoms with Crippen LogP contribution in [-0.2, 0) is 18.9 Å². The Labute approximate surface area is 225 Å². The maximum Gasteiger partial charge on any atom is 0.340 e. The predicted octanol–water partition coefficient (Wildman–Crippen LogP) is 2.73. The number of aliphatic hydroxyl groups is 1. The van der Waals surface area contributed by atoms with Gasteiger partial charge in [0.05, 0.1) is 29.5 Å². The molecule has 8 heteroatoms. The molecule has 7 rings (SSSR count). The second-order valence-electron chi connectivity index (χ2n) is 12.9. The zero-order chi connectivity index (χ0) is 26.6. The third-order valence-electron chi connectivity index (χ3n) is 12.2. The number of methoxy groups -OCH3 is 3. The molecule has 6 fully saturated rings. The number of piperidine rings is 1. The van der Waals surface area contributed by atoms with Crippen molar-refractivity contribution in [1.82, 2.24) is 4.90 Å². The van der Waals surface area contributed by atoms with E-state index < -0.39 is 11.2 Å². The molecule has 7 bridgehead atoms. The number of esters is 1. The maximum atomic E-state index is 13.7. The van der Waals surface area contributed by atoms with E-state index in [0.717, 1.165) is 32.2 Å². The summed E-state index contributed by atoms with van der Waals surface area (Å²) in [4.78, 5) is 16.2. The highest BCUT2D eigenvalue weighted by atomic mass is 16.6. The standard InChI is InChI=1S/C30H42N2O6/c1-5-32-15-28(38-27(33)16-8-6-7-9-20(16)31)11-10-23(36-3)30-18-12-17-21(35-2)14-29(34,24(18)25(17)37-4)19(26(30)32)13-22(28)30/h6-9,17-19,21-26,34H,5,10-15,31H2,1-4H3/t17-,18+,19-,21?,22+,23?,24?,25-,26-,28?,29?,30?/m0/s1. The van der Waals surface area contributed by atoms with Gasteiger partial charge in [0.1, 0.15) is 5.60 Å². The first-order chi connectivity index (χ1) is 18.3. The highest BCUT2D eigenvalue weighted by molar-refractivity contribution is 5.95. The second-order valence-corrected chi connectivity index (χ2v) is 12.9. The van der Waals surface area contributed by atoms with Crippen molar-refractivity contribution >= 4 is 11.7 Å². The first-order valence-corrected chi connectivity index (χ1v) is 14.4. The van der Waals surface area contributed by atoms with E-state index in [1.165, 1.54) is 0 Å². The Kier molecular flexibility index (Phi) is 5.59. The number of carbonyl (C=O) groups excluding carboxylic acids is 1. The van der Waals surface area contributed by atoms with Gasteiger partial charge in [-0.25, -0.2) is 4.79 Å². The molecule has 1 aromatic rings. The van der Waals surface area contributed by atoms with E-state index >= 15 is 0 Å². The van der Waals surface area contributed by atoms with Crippen LogP contribution in [0.25, 0.3) is 0 Å². The van der Waals surface area contributed by atoms with Gasteiger partial charge in [0, 0.05) is 75.1 Å². The van der Waals surface area contributed by atoms with Crippen LogP contribution >= 0.6 is 0 Å². The fourth-order valence-corrected chi connectivity index (χ4v) is 11.3. The molecule has 5 aliphatic carbocycles. The quantitative estimate of drug-likeness (QED) is 0.431. The van der Waals surface area contributed by atoms with Crippen LogP contribution in [0.1, 0.15) is 49.4 Å². The third kappa shape index (κ3) is 2.81. The van der Waals surface area contributed by atoms with Crippen LogP contribution in [0.5, 0.6) is 0 Å². The van der Waals surface area contributed by atoms with Gasteiger partial charge in [-0.05, 0) is 50.3 Å². The zero-order valence-electron chi connectivity index (χ0n) is 23.0. The van der Waals surface area contributed by atoms with Crippen LogP contribution in [0.2, 0.25) is 0 Å². The summed E-state index contributed by atoms with van der Waals surface area (Å²) in [7, 11) is 5.40. The van der Waals surface area contributed by atoms with Gasteiger partial charge in [-0.1, -0.05) is 19.1 Å². The summed E-state index contributed by atoms with van der Waals surface area (Å²) in [5.41, 5.74) is 5.31. The number of nitrogen functional groups attached to an aromatic ring is 1. The van der Waals surface area contributed by atoms with Gasteiger partial charge >= 0.3 is 5.97 Å². The Hall–Kier alpha value is -1.71. The molecule has 0 aromatic heterocycles. The number of likely N-dealkylation sites (tertiary alicyclic amines) is 1. The van der Waals surface area contributed by atoms with Gasteiger partial charge < -0.3 is 29.8 Å². The van der Waals surface area contributed by atoms with E-state index in [-0.39, 0.29) is 65.3 Å². The average Bonchev–Trinajstić information content (AvgIpc) is 3.38. The summed E-state index contributed by atoms with van der Waals surface area (Å²) in [6, 6.07) is 7.35. The number of hydrogen-bond donors (Lipinski definition) is 2. The van der Waals surface area contributed by atoms with Crippen molar-refractivity contribution in [3.8, 4) is 0 Å². The van der Waals surface area contributed by atoms with E-state index in [0.29, 0.717) is 24.2 Å². The van der Waals surface area contributed by atoms with Crippen LogP contribution < -0.4 is 5.73 Å². The molecule has 1 aromatic carbocycles. The summed E-state index contributed by atoms with van der Waals surface area (Å²) in [5, 5.41) is 12.7. The van der Waals surface area contributed by atoms with Crippen LogP contribution in [-0.4, -0.2) is 86.0 Å². The van der Waals surface area contributed by atoms with Gasteiger partial charge in [-0.2, -0.15) is 0 Å². The Morgan fingerprint density at radius 1 is 1.13 bits per heavy atom. The molecule has 38 heavy (non-hydrogen) atoms. The summed E-state index contributed by atoms with van der Waals surface area (Å²) >= 11 is 0.